The zero-order valence-electron chi connectivity index (χ0n) is 10.3. The second-order valence-electron chi connectivity index (χ2n) is 4.24. The number of rotatable bonds is 4. The molecule has 0 aliphatic carbocycles. The van der Waals surface area contributed by atoms with Crippen LogP contribution in [0.5, 0.6) is 0 Å². The van der Waals surface area contributed by atoms with E-state index in [4.69, 9.17) is 5.73 Å². The molecule has 0 saturated heterocycles. The number of halogens is 1. The first-order chi connectivity index (χ1) is 8.70. The third kappa shape index (κ3) is 2.90. The molecule has 1 heterocycles. The van der Waals surface area contributed by atoms with E-state index in [-0.39, 0.29) is 11.9 Å². The molecule has 0 saturated carbocycles. The minimum Gasteiger partial charge on any atom is -0.327 e. The third-order valence-electron chi connectivity index (χ3n) is 2.86. The average molecular weight is 245 g/mol. The van der Waals surface area contributed by atoms with E-state index in [9.17, 15) is 4.39 Å². The van der Waals surface area contributed by atoms with Crippen molar-refractivity contribution in [3.05, 3.63) is 48.3 Å². The minimum atomic E-state index is -0.265. The zero-order valence-corrected chi connectivity index (χ0v) is 10.3. The van der Waals surface area contributed by atoms with Gasteiger partial charge in [0.2, 0.25) is 0 Å². The monoisotopic (exact) mass is 245 g/mol. The molecule has 4 heteroatoms. The van der Waals surface area contributed by atoms with Crippen molar-refractivity contribution in [2.45, 2.75) is 25.8 Å². The number of nitrogens with two attached hydrogens (primary N) is 1. The van der Waals surface area contributed by atoms with Crippen molar-refractivity contribution in [3.63, 3.8) is 0 Å². The maximum Gasteiger partial charge on any atom is 0.131 e. The summed E-state index contributed by atoms with van der Waals surface area (Å²) in [6, 6.07) is 6.67. The predicted molar refractivity (Wildman–Crippen MR) is 69.4 cm³/mol. The summed E-state index contributed by atoms with van der Waals surface area (Å²) < 4.78 is 13.6. The SMILES string of the molecule is CCC(N)Cc1ncc(-c2ccccc2F)cn1. The van der Waals surface area contributed by atoms with Crippen LogP contribution in [0.2, 0.25) is 0 Å². The molecule has 1 aromatic carbocycles. The molecule has 0 bridgehead atoms. The molecule has 0 amide bonds. The number of hydrogen-bond donors (Lipinski definition) is 1. The number of aromatic nitrogens is 2. The summed E-state index contributed by atoms with van der Waals surface area (Å²) in [5.41, 5.74) is 7.04. The number of hydrogen-bond acceptors (Lipinski definition) is 3. The maximum atomic E-state index is 13.6. The Morgan fingerprint density at radius 2 is 1.89 bits per heavy atom. The van der Waals surface area contributed by atoms with Crippen molar-refractivity contribution >= 4 is 0 Å². The molecule has 1 atom stereocenters. The zero-order chi connectivity index (χ0) is 13.0. The molecule has 94 valence electrons. The van der Waals surface area contributed by atoms with Gasteiger partial charge in [0.1, 0.15) is 11.6 Å². The lowest BCUT2D eigenvalue weighted by Crippen LogP contribution is -2.22. The highest BCUT2D eigenvalue weighted by atomic mass is 19.1. The summed E-state index contributed by atoms with van der Waals surface area (Å²) >= 11 is 0. The lowest BCUT2D eigenvalue weighted by atomic mass is 10.1. The van der Waals surface area contributed by atoms with Crippen LogP contribution in [0.3, 0.4) is 0 Å². The van der Waals surface area contributed by atoms with Gasteiger partial charge in [0.15, 0.2) is 0 Å². The Bertz CT molecular complexity index is 511. The Kier molecular flexibility index (Phi) is 3.99. The Labute approximate surface area is 106 Å². The molecular formula is C14H16FN3. The third-order valence-corrected chi connectivity index (χ3v) is 2.86. The molecular weight excluding hydrogens is 229 g/mol. The van der Waals surface area contributed by atoms with E-state index in [1.807, 2.05) is 6.92 Å². The Balaban J connectivity index is 2.20. The van der Waals surface area contributed by atoms with Crippen molar-refractivity contribution in [1.29, 1.82) is 0 Å². The van der Waals surface area contributed by atoms with E-state index in [1.165, 1.54) is 6.07 Å². The summed E-state index contributed by atoms with van der Waals surface area (Å²) in [6.45, 7) is 2.03. The van der Waals surface area contributed by atoms with Crippen LogP contribution in [0.1, 0.15) is 19.2 Å². The Morgan fingerprint density at radius 1 is 1.22 bits per heavy atom. The Morgan fingerprint density at radius 3 is 2.50 bits per heavy atom. The van der Waals surface area contributed by atoms with Crippen molar-refractivity contribution < 1.29 is 4.39 Å². The van der Waals surface area contributed by atoms with Crippen LogP contribution < -0.4 is 5.73 Å². The average Bonchev–Trinajstić information content (AvgIpc) is 2.40. The van der Waals surface area contributed by atoms with Gasteiger partial charge in [0.25, 0.3) is 0 Å². The van der Waals surface area contributed by atoms with Crippen LogP contribution >= 0.6 is 0 Å². The van der Waals surface area contributed by atoms with E-state index >= 15 is 0 Å². The highest BCUT2D eigenvalue weighted by Gasteiger charge is 2.07. The molecule has 0 aliphatic rings. The second-order valence-corrected chi connectivity index (χ2v) is 4.24. The highest BCUT2D eigenvalue weighted by Crippen LogP contribution is 2.20. The van der Waals surface area contributed by atoms with Gasteiger partial charge in [-0.2, -0.15) is 0 Å². The largest absolute Gasteiger partial charge is 0.327 e. The Hall–Kier alpha value is -1.81. The van der Waals surface area contributed by atoms with Crippen LogP contribution in [-0.2, 0) is 6.42 Å². The van der Waals surface area contributed by atoms with Crippen LogP contribution in [0.15, 0.2) is 36.7 Å². The van der Waals surface area contributed by atoms with E-state index in [0.717, 1.165) is 6.42 Å². The van der Waals surface area contributed by atoms with Crippen LogP contribution in [0.4, 0.5) is 4.39 Å². The smallest absolute Gasteiger partial charge is 0.131 e. The van der Waals surface area contributed by atoms with Gasteiger partial charge in [-0.05, 0) is 12.5 Å². The first kappa shape index (κ1) is 12.6. The van der Waals surface area contributed by atoms with Gasteiger partial charge in [-0.1, -0.05) is 25.1 Å². The summed E-state index contributed by atoms with van der Waals surface area (Å²) in [7, 11) is 0. The van der Waals surface area contributed by atoms with E-state index in [0.29, 0.717) is 23.4 Å². The normalized spacial score (nSPS) is 12.4. The topological polar surface area (TPSA) is 51.8 Å². The van der Waals surface area contributed by atoms with E-state index < -0.39 is 0 Å². The first-order valence-corrected chi connectivity index (χ1v) is 6.02. The lowest BCUT2D eigenvalue weighted by Gasteiger charge is -2.07. The molecule has 1 unspecified atom stereocenters. The standard InChI is InChI=1S/C14H16FN3/c1-2-11(16)7-14-17-8-10(9-18-14)12-5-3-4-6-13(12)15/h3-6,8-9,11H,2,7,16H2,1H3. The van der Waals surface area contributed by atoms with Crippen LogP contribution in [0.25, 0.3) is 11.1 Å². The van der Waals surface area contributed by atoms with Gasteiger partial charge in [0.05, 0.1) is 0 Å². The van der Waals surface area contributed by atoms with Crippen molar-refractivity contribution in [3.8, 4) is 11.1 Å². The lowest BCUT2D eigenvalue weighted by molar-refractivity contribution is 0.623. The summed E-state index contributed by atoms with van der Waals surface area (Å²) in [6.07, 6.45) is 4.82. The summed E-state index contributed by atoms with van der Waals surface area (Å²) in [4.78, 5) is 8.45. The summed E-state index contributed by atoms with van der Waals surface area (Å²) in [5.74, 6) is 0.434. The van der Waals surface area contributed by atoms with Crippen LogP contribution in [0, 0.1) is 5.82 Å². The second kappa shape index (κ2) is 5.69. The minimum absolute atomic E-state index is 0.0734. The predicted octanol–water partition coefficient (Wildman–Crippen LogP) is 2.56. The number of benzene rings is 1. The quantitative estimate of drug-likeness (QED) is 0.900. The molecule has 2 N–H and O–H groups in total. The van der Waals surface area contributed by atoms with Gasteiger partial charge in [0, 0.05) is 36.0 Å². The van der Waals surface area contributed by atoms with Crippen molar-refractivity contribution in [1.82, 2.24) is 9.97 Å². The van der Waals surface area contributed by atoms with E-state index in [1.54, 1.807) is 30.6 Å². The van der Waals surface area contributed by atoms with Gasteiger partial charge in [-0.3, -0.25) is 0 Å². The van der Waals surface area contributed by atoms with Gasteiger partial charge in [-0.15, -0.1) is 0 Å². The van der Waals surface area contributed by atoms with Gasteiger partial charge < -0.3 is 5.73 Å². The fourth-order valence-electron chi connectivity index (χ4n) is 1.67. The van der Waals surface area contributed by atoms with Crippen molar-refractivity contribution in [2.75, 3.05) is 0 Å². The van der Waals surface area contributed by atoms with E-state index in [2.05, 4.69) is 9.97 Å². The molecule has 0 fully saturated rings. The fraction of sp³-hybridized carbons (Fsp3) is 0.286. The first-order valence-electron chi connectivity index (χ1n) is 6.02. The molecule has 3 nitrogen and oxygen atoms in total. The summed E-state index contributed by atoms with van der Waals surface area (Å²) in [5, 5.41) is 0. The maximum absolute atomic E-state index is 13.6. The number of nitrogens with zero attached hydrogens (tertiary/aromatic N) is 2. The molecule has 18 heavy (non-hydrogen) atoms. The fourth-order valence-corrected chi connectivity index (χ4v) is 1.67. The molecule has 0 aliphatic heterocycles. The molecule has 0 radical (unpaired) electrons. The van der Waals surface area contributed by atoms with Crippen molar-refractivity contribution in [2.24, 2.45) is 5.73 Å². The van der Waals surface area contributed by atoms with Gasteiger partial charge in [-0.25, -0.2) is 14.4 Å². The van der Waals surface area contributed by atoms with Gasteiger partial charge >= 0.3 is 0 Å². The highest BCUT2D eigenvalue weighted by molar-refractivity contribution is 5.61. The molecule has 0 spiro atoms. The molecule has 2 aromatic rings. The molecule has 1 aromatic heterocycles. The van der Waals surface area contributed by atoms with Crippen LogP contribution in [-0.4, -0.2) is 16.0 Å². The molecule has 2 rings (SSSR count).